The number of rotatable bonds is 7. The predicted molar refractivity (Wildman–Crippen MR) is 128 cm³/mol. The van der Waals surface area contributed by atoms with Gasteiger partial charge in [-0.05, 0) is 44.4 Å². The number of anilines is 1. The Labute approximate surface area is 205 Å². The third-order valence-electron chi connectivity index (χ3n) is 5.27. The van der Waals surface area contributed by atoms with Crippen molar-refractivity contribution in [3.8, 4) is 0 Å². The van der Waals surface area contributed by atoms with Crippen LogP contribution in [0.3, 0.4) is 0 Å². The first-order chi connectivity index (χ1) is 15.6. The molecule has 0 bridgehead atoms. The van der Waals surface area contributed by atoms with Gasteiger partial charge >= 0.3 is 5.97 Å². The number of hydrogen-bond donors (Lipinski definition) is 2. The predicted octanol–water partition coefficient (Wildman–Crippen LogP) is 3.35. The lowest BCUT2D eigenvalue weighted by Crippen LogP contribution is -2.41. The number of esters is 1. The van der Waals surface area contributed by atoms with Gasteiger partial charge in [-0.15, -0.1) is 22.7 Å². The Kier molecular flexibility index (Phi) is 8.17. The smallest absolute Gasteiger partial charge is 0.348 e. The largest absolute Gasteiger partial charge is 0.462 e. The summed E-state index contributed by atoms with van der Waals surface area (Å²) >= 11 is 7.85. The first kappa shape index (κ1) is 25.6. The van der Waals surface area contributed by atoms with Crippen LogP contribution in [0.1, 0.15) is 45.4 Å². The minimum Gasteiger partial charge on any atom is -0.462 e. The van der Waals surface area contributed by atoms with Crippen LogP contribution in [0.4, 0.5) is 5.00 Å². The minimum atomic E-state index is -3.65. The number of nitrogens with one attached hydrogen (secondary N) is 2. The monoisotopic (exact) mass is 533 g/mol. The molecule has 180 valence electrons. The molecule has 0 atom stereocenters. The summed E-state index contributed by atoms with van der Waals surface area (Å²) in [5.74, 6) is -1.75. The zero-order valence-electron chi connectivity index (χ0n) is 18.3. The Morgan fingerprint density at radius 2 is 1.88 bits per heavy atom. The van der Waals surface area contributed by atoms with Gasteiger partial charge in [0.15, 0.2) is 0 Å². The van der Waals surface area contributed by atoms with Gasteiger partial charge in [0.25, 0.3) is 15.9 Å². The molecular weight excluding hydrogens is 510 g/mol. The first-order valence-electron chi connectivity index (χ1n) is 10.2. The summed E-state index contributed by atoms with van der Waals surface area (Å²) < 4.78 is 32.5. The number of sulfonamides is 1. The average molecular weight is 534 g/mol. The van der Waals surface area contributed by atoms with E-state index in [0.29, 0.717) is 22.7 Å². The van der Waals surface area contributed by atoms with Crippen molar-refractivity contribution in [2.45, 2.75) is 30.9 Å². The highest BCUT2D eigenvalue weighted by molar-refractivity contribution is 7.91. The lowest BCUT2D eigenvalue weighted by Gasteiger charge is -2.30. The topological polar surface area (TPSA) is 122 Å². The zero-order chi connectivity index (χ0) is 24.3. The Morgan fingerprint density at radius 1 is 1.21 bits per heavy atom. The van der Waals surface area contributed by atoms with Crippen molar-refractivity contribution in [2.24, 2.45) is 5.92 Å². The van der Waals surface area contributed by atoms with Crippen molar-refractivity contribution in [3.05, 3.63) is 32.5 Å². The Hall–Kier alpha value is -1.99. The van der Waals surface area contributed by atoms with Crippen LogP contribution in [-0.4, -0.2) is 57.3 Å². The fourth-order valence-electron chi connectivity index (χ4n) is 3.53. The summed E-state index contributed by atoms with van der Waals surface area (Å²) in [5.41, 5.74) is 0.650. The quantitative estimate of drug-likeness (QED) is 0.526. The maximum Gasteiger partial charge on any atom is 0.348 e. The van der Waals surface area contributed by atoms with Crippen molar-refractivity contribution in [2.75, 3.05) is 32.1 Å². The molecule has 0 radical (unpaired) electrons. The number of nitrogens with zero attached hydrogens (tertiary/aromatic N) is 1. The van der Waals surface area contributed by atoms with E-state index in [1.54, 1.807) is 13.8 Å². The van der Waals surface area contributed by atoms with E-state index >= 15 is 0 Å². The number of ether oxygens (including phenoxy) is 1. The van der Waals surface area contributed by atoms with Gasteiger partial charge < -0.3 is 15.4 Å². The van der Waals surface area contributed by atoms with Gasteiger partial charge in [0.2, 0.25) is 5.91 Å². The zero-order valence-corrected chi connectivity index (χ0v) is 21.5. The van der Waals surface area contributed by atoms with Crippen LogP contribution in [0.5, 0.6) is 0 Å². The molecule has 2 amide bonds. The number of amides is 2. The van der Waals surface area contributed by atoms with Gasteiger partial charge in [-0.25, -0.2) is 13.2 Å². The number of carbonyl (C=O) groups is 3. The number of halogens is 1. The summed E-state index contributed by atoms with van der Waals surface area (Å²) in [6.07, 6.45) is 0.656. The highest BCUT2D eigenvalue weighted by atomic mass is 35.5. The number of carbonyl (C=O) groups excluding carboxylic acids is 3. The maximum atomic E-state index is 12.9. The third-order valence-corrected chi connectivity index (χ3v) is 10.1. The number of thiophene rings is 2. The van der Waals surface area contributed by atoms with Crippen LogP contribution in [0.15, 0.2) is 16.3 Å². The standard InChI is InChI=1S/C20H24ClN3O6S3/c1-4-30-20(27)16-11(2)15(18(26)22-3)19(32-16)23-17(25)12-7-9-24(10-8-12)33(28,29)14-6-5-13(21)31-14/h5-6,12H,4,7-10H2,1-3H3,(H,22,26)(H,23,25). The first-order valence-corrected chi connectivity index (χ1v) is 13.6. The van der Waals surface area contributed by atoms with E-state index in [9.17, 15) is 22.8 Å². The molecule has 1 aliphatic rings. The third kappa shape index (κ3) is 5.40. The molecule has 2 N–H and O–H groups in total. The van der Waals surface area contributed by atoms with Gasteiger partial charge in [-0.1, -0.05) is 11.6 Å². The molecule has 1 saturated heterocycles. The molecule has 13 heteroatoms. The summed E-state index contributed by atoms with van der Waals surface area (Å²) in [6.45, 7) is 3.88. The molecule has 0 aliphatic carbocycles. The molecule has 0 saturated carbocycles. The fraction of sp³-hybridized carbons (Fsp3) is 0.450. The second-order valence-corrected chi connectivity index (χ2v) is 12.2. The molecule has 3 heterocycles. The van der Waals surface area contributed by atoms with E-state index in [1.807, 2.05) is 0 Å². The fourth-order valence-corrected chi connectivity index (χ4v) is 7.73. The van der Waals surface area contributed by atoms with Gasteiger partial charge in [-0.2, -0.15) is 4.31 Å². The molecule has 3 rings (SSSR count). The molecule has 33 heavy (non-hydrogen) atoms. The van der Waals surface area contributed by atoms with E-state index in [2.05, 4.69) is 10.6 Å². The SMILES string of the molecule is CCOC(=O)c1sc(NC(=O)C2CCN(S(=O)(=O)c3ccc(Cl)s3)CC2)c(C(=O)NC)c1C. The molecule has 1 fully saturated rings. The molecule has 0 aromatic carbocycles. The van der Waals surface area contributed by atoms with Gasteiger partial charge in [-0.3, -0.25) is 9.59 Å². The second-order valence-electron chi connectivity index (χ2n) is 7.29. The lowest BCUT2D eigenvalue weighted by molar-refractivity contribution is -0.120. The molecule has 0 unspecified atom stereocenters. The van der Waals surface area contributed by atoms with E-state index in [-0.39, 0.29) is 45.3 Å². The van der Waals surface area contributed by atoms with Crippen molar-refractivity contribution >= 4 is 67.1 Å². The highest BCUT2D eigenvalue weighted by Gasteiger charge is 2.34. The van der Waals surface area contributed by atoms with Gasteiger partial charge in [0.1, 0.15) is 14.1 Å². The van der Waals surface area contributed by atoms with Crippen LogP contribution < -0.4 is 10.6 Å². The van der Waals surface area contributed by atoms with Crippen LogP contribution in [0.2, 0.25) is 4.34 Å². The van der Waals surface area contributed by atoms with Crippen LogP contribution in [0, 0.1) is 12.8 Å². The minimum absolute atomic E-state index is 0.172. The molecule has 1 aliphatic heterocycles. The van der Waals surface area contributed by atoms with Crippen LogP contribution in [-0.2, 0) is 19.6 Å². The van der Waals surface area contributed by atoms with Crippen LogP contribution >= 0.6 is 34.3 Å². The van der Waals surface area contributed by atoms with E-state index in [4.69, 9.17) is 16.3 Å². The normalized spacial score (nSPS) is 15.3. The van der Waals surface area contributed by atoms with Crippen molar-refractivity contribution in [1.82, 2.24) is 9.62 Å². The van der Waals surface area contributed by atoms with Crippen molar-refractivity contribution < 1.29 is 27.5 Å². The second kappa shape index (κ2) is 10.5. The summed E-state index contributed by atoms with van der Waals surface area (Å²) in [7, 11) is -2.19. The molecular formula is C20H24ClN3O6S3. The van der Waals surface area contributed by atoms with Gasteiger partial charge in [0, 0.05) is 26.1 Å². The van der Waals surface area contributed by atoms with Crippen molar-refractivity contribution in [3.63, 3.8) is 0 Å². The number of hydrogen-bond acceptors (Lipinski definition) is 8. The maximum absolute atomic E-state index is 12.9. The Bertz CT molecular complexity index is 1170. The lowest BCUT2D eigenvalue weighted by atomic mass is 9.97. The summed E-state index contributed by atoms with van der Waals surface area (Å²) in [5, 5.41) is 5.56. The molecule has 0 spiro atoms. The Morgan fingerprint density at radius 3 is 2.42 bits per heavy atom. The molecule has 2 aromatic heterocycles. The average Bonchev–Trinajstić information content (AvgIpc) is 3.37. The Balaban J connectivity index is 1.73. The molecule has 9 nitrogen and oxygen atoms in total. The van der Waals surface area contributed by atoms with Crippen LogP contribution in [0.25, 0.3) is 0 Å². The summed E-state index contributed by atoms with van der Waals surface area (Å²) in [6, 6.07) is 3.01. The van der Waals surface area contributed by atoms with E-state index < -0.39 is 27.8 Å². The van der Waals surface area contributed by atoms with E-state index in [0.717, 1.165) is 22.7 Å². The summed E-state index contributed by atoms with van der Waals surface area (Å²) in [4.78, 5) is 37.9. The number of piperidine rings is 1. The highest BCUT2D eigenvalue weighted by Crippen LogP contribution is 2.35. The van der Waals surface area contributed by atoms with Crippen molar-refractivity contribution in [1.29, 1.82) is 0 Å². The van der Waals surface area contributed by atoms with Gasteiger partial charge in [0.05, 0.1) is 16.5 Å². The van der Waals surface area contributed by atoms with E-state index in [1.165, 1.54) is 23.5 Å². The molecule has 2 aromatic rings.